The fourth-order valence-electron chi connectivity index (χ4n) is 1.54. The lowest BCUT2D eigenvalue weighted by Gasteiger charge is -2.08. The third kappa shape index (κ3) is 2.79. The van der Waals surface area contributed by atoms with Crippen molar-refractivity contribution < 1.29 is 23.8 Å². The number of phenols is 2. The van der Waals surface area contributed by atoms with Crippen molar-refractivity contribution in [2.75, 3.05) is 5.32 Å². The summed E-state index contributed by atoms with van der Waals surface area (Å²) < 4.78 is 25.9. The molecule has 6 heteroatoms. The number of aromatic hydroxyl groups is 2. The van der Waals surface area contributed by atoms with Gasteiger partial charge in [0, 0.05) is 11.8 Å². The maximum absolute atomic E-state index is 12.9. The lowest BCUT2D eigenvalue weighted by molar-refractivity contribution is 0.102. The van der Waals surface area contributed by atoms with Gasteiger partial charge < -0.3 is 15.5 Å². The summed E-state index contributed by atoms with van der Waals surface area (Å²) in [6, 6.07) is 6.35. The van der Waals surface area contributed by atoms with Crippen molar-refractivity contribution in [1.29, 1.82) is 0 Å². The van der Waals surface area contributed by atoms with Gasteiger partial charge in [0.15, 0.2) is 11.5 Å². The van der Waals surface area contributed by atoms with Gasteiger partial charge in [0.1, 0.15) is 11.6 Å². The van der Waals surface area contributed by atoms with Crippen LogP contribution >= 0.6 is 0 Å². The Labute approximate surface area is 106 Å². The van der Waals surface area contributed by atoms with Gasteiger partial charge in [0.25, 0.3) is 5.91 Å². The first-order chi connectivity index (χ1) is 8.97. The van der Waals surface area contributed by atoms with Crippen LogP contribution in [0.2, 0.25) is 0 Å². The third-order valence-electron chi connectivity index (χ3n) is 2.38. The minimum Gasteiger partial charge on any atom is -0.504 e. The van der Waals surface area contributed by atoms with Gasteiger partial charge in [0.2, 0.25) is 0 Å². The number of halogens is 2. The minimum absolute atomic E-state index is 0.0924. The van der Waals surface area contributed by atoms with Crippen LogP contribution in [-0.2, 0) is 0 Å². The molecule has 2 rings (SSSR count). The maximum Gasteiger partial charge on any atom is 0.259 e. The summed E-state index contributed by atoms with van der Waals surface area (Å²) in [6.07, 6.45) is 0. The van der Waals surface area contributed by atoms with Crippen LogP contribution in [0.1, 0.15) is 10.4 Å². The number of hydrogen-bond donors (Lipinski definition) is 3. The van der Waals surface area contributed by atoms with Crippen LogP contribution in [0, 0.1) is 11.6 Å². The molecule has 0 spiro atoms. The molecule has 0 aliphatic carbocycles. The van der Waals surface area contributed by atoms with E-state index in [0.29, 0.717) is 6.07 Å². The Bertz CT molecular complexity index is 624. The Morgan fingerprint density at radius 2 is 1.68 bits per heavy atom. The minimum atomic E-state index is -0.838. The number of carbonyl (C=O) groups is 1. The van der Waals surface area contributed by atoms with E-state index >= 15 is 0 Å². The van der Waals surface area contributed by atoms with Crippen molar-refractivity contribution in [2.24, 2.45) is 0 Å². The highest BCUT2D eigenvalue weighted by Crippen LogP contribution is 2.28. The van der Waals surface area contributed by atoms with Crippen LogP contribution < -0.4 is 5.32 Å². The highest BCUT2D eigenvalue weighted by molar-refractivity contribution is 6.06. The number of nitrogens with one attached hydrogen (secondary N) is 1. The first-order valence-electron chi connectivity index (χ1n) is 5.26. The Balaban J connectivity index is 2.28. The summed E-state index contributed by atoms with van der Waals surface area (Å²) in [5, 5.41) is 21.0. The molecule has 0 atom stereocenters. The summed E-state index contributed by atoms with van der Waals surface area (Å²) >= 11 is 0. The molecular formula is C13H9F2NO3. The monoisotopic (exact) mass is 265 g/mol. The summed E-state index contributed by atoms with van der Waals surface area (Å²) in [7, 11) is 0. The van der Waals surface area contributed by atoms with E-state index in [2.05, 4.69) is 5.32 Å². The molecule has 0 aliphatic rings. The molecule has 19 heavy (non-hydrogen) atoms. The number of amides is 1. The van der Waals surface area contributed by atoms with Crippen LogP contribution in [0.3, 0.4) is 0 Å². The summed E-state index contributed by atoms with van der Waals surface area (Å²) in [6.45, 7) is 0. The Morgan fingerprint density at radius 3 is 2.32 bits per heavy atom. The quantitative estimate of drug-likeness (QED) is 0.731. The van der Waals surface area contributed by atoms with Crippen LogP contribution in [0.4, 0.5) is 14.5 Å². The molecule has 0 aliphatic heterocycles. The average molecular weight is 265 g/mol. The van der Waals surface area contributed by atoms with Gasteiger partial charge in [-0.3, -0.25) is 4.79 Å². The van der Waals surface area contributed by atoms with Gasteiger partial charge in [-0.25, -0.2) is 8.78 Å². The molecule has 0 saturated carbocycles. The van der Waals surface area contributed by atoms with Crippen molar-refractivity contribution >= 4 is 11.6 Å². The molecule has 0 bridgehead atoms. The molecule has 0 fully saturated rings. The molecule has 2 aromatic rings. The second-order valence-electron chi connectivity index (χ2n) is 3.79. The SMILES string of the molecule is O=C(Nc1cc(F)cc(F)c1)c1cccc(O)c1O. The van der Waals surface area contributed by atoms with Gasteiger partial charge in [-0.1, -0.05) is 6.07 Å². The Morgan fingerprint density at radius 1 is 1.05 bits per heavy atom. The zero-order valence-corrected chi connectivity index (χ0v) is 9.52. The van der Waals surface area contributed by atoms with Crippen molar-refractivity contribution in [1.82, 2.24) is 0 Å². The smallest absolute Gasteiger partial charge is 0.259 e. The second-order valence-corrected chi connectivity index (χ2v) is 3.79. The van der Waals surface area contributed by atoms with Crippen LogP contribution in [-0.4, -0.2) is 16.1 Å². The Hall–Kier alpha value is -2.63. The van der Waals surface area contributed by atoms with Gasteiger partial charge in [-0.05, 0) is 24.3 Å². The maximum atomic E-state index is 12.9. The first kappa shape index (κ1) is 12.8. The number of anilines is 1. The molecule has 2 aromatic carbocycles. The number of rotatable bonds is 2. The first-order valence-corrected chi connectivity index (χ1v) is 5.26. The highest BCUT2D eigenvalue weighted by Gasteiger charge is 2.14. The van der Waals surface area contributed by atoms with Gasteiger partial charge in [-0.2, -0.15) is 0 Å². The van der Waals surface area contributed by atoms with Crippen LogP contribution in [0.25, 0.3) is 0 Å². The van der Waals surface area contributed by atoms with E-state index < -0.39 is 29.0 Å². The van der Waals surface area contributed by atoms with Gasteiger partial charge in [0.05, 0.1) is 5.56 Å². The molecule has 0 saturated heterocycles. The highest BCUT2D eigenvalue weighted by atomic mass is 19.1. The van der Waals surface area contributed by atoms with E-state index in [-0.39, 0.29) is 11.3 Å². The van der Waals surface area contributed by atoms with Crippen molar-refractivity contribution in [3.8, 4) is 11.5 Å². The molecule has 1 amide bonds. The van der Waals surface area contributed by atoms with E-state index in [1.54, 1.807) is 0 Å². The van der Waals surface area contributed by atoms with E-state index in [4.69, 9.17) is 0 Å². The molecule has 4 nitrogen and oxygen atoms in total. The lowest BCUT2D eigenvalue weighted by Crippen LogP contribution is -2.12. The number of benzene rings is 2. The zero-order chi connectivity index (χ0) is 14.0. The molecule has 0 unspecified atom stereocenters. The number of para-hydroxylation sites is 1. The number of carbonyl (C=O) groups excluding carboxylic acids is 1. The average Bonchev–Trinajstić information content (AvgIpc) is 2.31. The molecule has 3 N–H and O–H groups in total. The molecule has 0 aromatic heterocycles. The van der Waals surface area contributed by atoms with Crippen molar-refractivity contribution in [3.63, 3.8) is 0 Å². The normalized spacial score (nSPS) is 10.2. The van der Waals surface area contributed by atoms with E-state index in [1.807, 2.05) is 0 Å². The van der Waals surface area contributed by atoms with Gasteiger partial charge >= 0.3 is 0 Å². The van der Waals surface area contributed by atoms with E-state index in [0.717, 1.165) is 12.1 Å². The molecule has 0 radical (unpaired) electrons. The standard InChI is InChI=1S/C13H9F2NO3/c14-7-4-8(15)6-9(5-7)16-13(19)10-2-1-3-11(17)12(10)18/h1-6,17-18H,(H,16,19). The van der Waals surface area contributed by atoms with Gasteiger partial charge in [-0.15, -0.1) is 0 Å². The Kier molecular flexibility index (Phi) is 3.33. The lowest BCUT2D eigenvalue weighted by atomic mass is 10.1. The fraction of sp³-hybridized carbons (Fsp3) is 0. The summed E-state index contributed by atoms with van der Waals surface area (Å²) in [5.41, 5.74) is -0.296. The molecule has 98 valence electrons. The predicted molar refractivity (Wildman–Crippen MR) is 64.1 cm³/mol. The number of hydrogen-bond acceptors (Lipinski definition) is 3. The van der Waals surface area contributed by atoms with Crippen molar-refractivity contribution in [2.45, 2.75) is 0 Å². The largest absolute Gasteiger partial charge is 0.504 e. The van der Waals surface area contributed by atoms with Crippen molar-refractivity contribution in [3.05, 3.63) is 53.6 Å². The molecular weight excluding hydrogens is 256 g/mol. The third-order valence-corrected chi connectivity index (χ3v) is 2.38. The van der Waals surface area contributed by atoms with E-state index in [1.165, 1.54) is 18.2 Å². The van der Waals surface area contributed by atoms with Crippen LogP contribution in [0.15, 0.2) is 36.4 Å². The molecule has 0 heterocycles. The zero-order valence-electron chi connectivity index (χ0n) is 9.52. The predicted octanol–water partition coefficient (Wildman–Crippen LogP) is 2.63. The number of phenolic OH excluding ortho intramolecular Hbond substituents is 2. The fourth-order valence-corrected chi connectivity index (χ4v) is 1.54. The van der Waals surface area contributed by atoms with Crippen LogP contribution in [0.5, 0.6) is 11.5 Å². The van der Waals surface area contributed by atoms with E-state index in [9.17, 15) is 23.8 Å². The second kappa shape index (κ2) is 4.93. The topological polar surface area (TPSA) is 69.6 Å². The summed E-state index contributed by atoms with van der Waals surface area (Å²) in [4.78, 5) is 11.8. The summed E-state index contributed by atoms with van der Waals surface area (Å²) in [5.74, 6) is -3.53.